The molecule has 6 aromatic carbocycles. The molecule has 7 aliphatic rings. The molecule has 0 bridgehead atoms. The number of carbonyl (C=O) groups excluding carboxylic acids is 9. The van der Waals surface area contributed by atoms with Gasteiger partial charge in [-0.2, -0.15) is 0 Å². The van der Waals surface area contributed by atoms with Crippen molar-refractivity contribution in [2.24, 2.45) is 11.3 Å². The van der Waals surface area contributed by atoms with Crippen LogP contribution in [0.1, 0.15) is 135 Å². The third kappa shape index (κ3) is 15.9. The summed E-state index contributed by atoms with van der Waals surface area (Å²) in [4.78, 5) is 133. The number of aromatic nitrogens is 3. The summed E-state index contributed by atoms with van der Waals surface area (Å²) in [6, 6.07) is 33.2. The molecule has 586 valence electrons. The number of nitrogens with zero attached hydrogens (tertiary/aromatic N) is 8. The maximum Gasteiger partial charge on any atom is 0.416 e. The molecule has 1 spiro atoms. The minimum Gasteiger partial charge on any atom is -0.497 e. The number of methoxy groups -OCH3 is 3. The zero-order chi connectivity index (χ0) is 78.6. The Kier molecular flexibility index (Phi) is 22.5. The Bertz CT molecular complexity index is 4830. The zero-order valence-corrected chi connectivity index (χ0v) is 63.7. The number of hydrogen-bond donors (Lipinski definition) is 6. The third-order valence-corrected chi connectivity index (χ3v) is 22.3. The van der Waals surface area contributed by atoms with E-state index in [1.807, 2.05) is 111 Å². The second-order valence-electron chi connectivity index (χ2n) is 29.8. The summed E-state index contributed by atoms with van der Waals surface area (Å²) in [5.74, 6) is -2.02. The second-order valence-corrected chi connectivity index (χ2v) is 29.8. The van der Waals surface area contributed by atoms with Crippen molar-refractivity contribution in [1.82, 2.24) is 45.6 Å². The maximum absolute atomic E-state index is 14.6. The molecular weight excluding hydrogens is 1430 g/mol. The first-order valence-corrected chi connectivity index (χ1v) is 38.2. The molecule has 6 aliphatic heterocycles. The predicted octanol–water partition coefficient (Wildman–Crippen LogP) is 9.24. The molecule has 1 aromatic heterocycles. The molecule has 1 aliphatic carbocycles. The molecule has 3 fully saturated rings. The summed E-state index contributed by atoms with van der Waals surface area (Å²) < 4.78 is 37.2. The van der Waals surface area contributed by atoms with Crippen molar-refractivity contribution in [2.75, 3.05) is 87.7 Å². The van der Waals surface area contributed by atoms with Gasteiger partial charge in [0.15, 0.2) is 29.2 Å². The number of hydrogen-bond acceptors (Lipinski definition) is 19. The Morgan fingerprint density at radius 3 is 2.15 bits per heavy atom. The first-order chi connectivity index (χ1) is 54.1. The first kappa shape index (κ1) is 76.7. The Balaban J connectivity index is 0.557. The molecule has 7 aromatic rings. The van der Waals surface area contributed by atoms with Gasteiger partial charge in [0.2, 0.25) is 35.4 Å². The summed E-state index contributed by atoms with van der Waals surface area (Å²) in [5.41, 5.74) is 8.65. The number of benzene rings is 6. The Morgan fingerprint density at radius 1 is 0.732 bits per heavy atom. The van der Waals surface area contributed by atoms with E-state index in [4.69, 9.17) is 28.4 Å². The summed E-state index contributed by atoms with van der Waals surface area (Å²) >= 11 is 0. The van der Waals surface area contributed by atoms with Crippen LogP contribution < -0.4 is 60.1 Å². The average Bonchev–Trinajstić information content (AvgIpc) is 1.56. The monoisotopic (exact) mass is 1530 g/mol. The molecule has 6 atom stereocenters. The molecule has 112 heavy (non-hydrogen) atoms. The Hall–Kier alpha value is -12.0. The van der Waals surface area contributed by atoms with Gasteiger partial charge < -0.3 is 79.7 Å². The minimum atomic E-state index is -1.50. The van der Waals surface area contributed by atoms with E-state index in [-0.39, 0.29) is 110 Å². The molecule has 29 nitrogen and oxygen atoms in total. The topological polar surface area (TPSA) is 336 Å². The van der Waals surface area contributed by atoms with Crippen LogP contribution in [0.4, 0.5) is 27.5 Å². The average molecular weight is 1530 g/mol. The highest BCUT2D eigenvalue weighted by Crippen LogP contribution is 2.57. The van der Waals surface area contributed by atoms with E-state index in [0.717, 1.165) is 57.0 Å². The number of fused-ring (bicyclic) bond motifs is 9. The van der Waals surface area contributed by atoms with Gasteiger partial charge in [-0.25, -0.2) is 14.4 Å². The van der Waals surface area contributed by atoms with Crippen molar-refractivity contribution in [1.29, 1.82) is 0 Å². The van der Waals surface area contributed by atoms with Crippen LogP contribution in [0.15, 0.2) is 128 Å². The molecule has 29 heteroatoms. The van der Waals surface area contributed by atoms with Crippen molar-refractivity contribution in [2.45, 2.75) is 141 Å². The van der Waals surface area contributed by atoms with Crippen molar-refractivity contribution in [3.8, 4) is 51.3 Å². The van der Waals surface area contributed by atoms with Crippen LogP contribution in [0.2, 0.25) is 0 Å². The fraction of sp³-hybridized carbons (Fsp3) is 0.410. The van der Waals surface area contributed by atoms with Crippen molar-refractivity contribution in [3.05, 3.63) is 155 Å². The van der Waals surface area contributed by atoms with E-state index in [0.29, 0.717) is 97.0 Å². The zero-order valence-electron chi connectivity index (χ0n) is 63.7. The highest BCUT2D eigenvalue weighted by atomic mass is 16.6. The van der Waals surface area contributed by atoms with Gasteiger partial charge in [-0.3, -0.25) is 38.4 Å². The summed E-state index contributed by atoms with van der Waals surface area (Å²) in [6.07, 6.45) is 3.69. The number of rotatable bonds is 26. The number of likely N-dealkylation sites (tertiary alicyclic amines) is 1. The fourth-order valence-electron chi connectivity index (χ4n) is 15.7. The first-order valence-electron chi connectivity index (χ1n) is 38.2. The molecule has 14 rings (SSSR count). The van der Waals surface area contributed by atoms with Gasteiger partial charge in [0.25, 0.3) is 11.8 Å². The van der Waals surface area contributed by atoms with Gasteiger partial charge in [0.1, 0.15) is 30.1 Å². The molecule has 1 saturated carbocycles. The van der Waals surface area contributed by atoms with Crippen LogP contribution in [-0.2, 0) is 46.7 Å². The van der Waals surface area contributed by atoms with Crippen molar-refractivity contribution in [3.63, 3.8) is 0 Å². The number of aliphatic hydroxyl groups excluding tert-OH is 1. The van der Waals surface area contributed by atoms with Gasteiger partial charge in [0, 0.05) is 80.1 Å². The lowest BCUT2D eigenvalue weighted by molar-refractivity contribution is -0.139. The van der Waals surface area contributed by atoms with Crippen LogP contribution in [0.5, 0.6) is 28.7 Å². The Morgan fingerprint density at radius 2 is 1.44 bits per heavy atom. The summed E-state index contributed by atoms with van der Waals surface area (Å²) in [5, 5.41) is 35.7. The molecule has 2 saturated heterocycles. The quantitative estimate of drug-likeness (QED) is 0.0275. The SMILES string of the molecule is CC[C@H](C)[C@H](NC(=O)[C@H]1CCCN1C(=O)CNC(=O)CNC(=O)CCC(=O)N1Cc2ccccc2-c2nnn(C(C)C)c2-c2ccccc21)C(=O)Nc1ccc(COC(=O)N2c3cc(OCCCOc4cc5c(cc4OC)C(=O)N4C=C(c6ccc(OC)cc6)C[C@H]4CN5)c(OC)cc3C(=O)N3CC4(CC4)C[C@H]3C2O)cc1. The van der Waals surface area contributed by atoms with Crippen molar-refractivity contribution < 1.29 is 76.7 Å². The van der Waals surface area contributed by atoms with Gasteiger partial charge in [-0.1, -0.05) is 92.2 Å². The number of amides is 9. The maximum atomic E-state index is 14.6. The van der Waals surface area contributed by atoms with Gasteiger partial charge >= 0.3 is 6.09 Å². The van der Waals surface area contributed by atoms with Gasteiger partial charge in [-0.15, -0.1) is 5.10 Å². The smallest absolute Gasteiger partial charge is 0.416 e. The summed E-state index contributed by atoms with van der Waals surface area (Å²) in [7, 11) is 4.58. The van der Waals surface area contributed by atoms with Crippen LogP contribution in [-0.4, -0.2) is 186 Å². The number of nitrogens with one attached hydrogen (secondary N) is 5. The standard InChI is InChI=1S/C83H93N13O16/c1-8-49(4)74(88-77(101)63-19-13-32-91(63)73(100)43-86-71(98)42-85-70(97)28-29-72(99)93-44-52-15-9-10-16-57(52)75-76(96(48(2)3)90-89-75)58-17-11-12-18-62(58)93)78(102)87-54-24-20-50(21-25-54)46-112-82(106)95-64-39-69(67(109-7)37-60(64)80(104)94-47-83(30-31-83)40-65(94)81(95)105)111-34-14-33-110-68-38-61-59(36-66(68)108-6)79(103)92-45-53(35-55(92)41-84-61)51-22-26-56(107-5)27-23-51/h9-12,15-18,20-27,36-39,45,48-49,55,63,65,74,81,84,105H,8,13-14,19,28-35,40-44,46-47H2,1-7H3,(H,85,97)(H,86,98)(H,87,102)(H,88,101)/t49-,55-,63+,65-,74-,81?/m0/s1. The van der Waals surface area contributed by atoms with E-state index >= 15 is 0 Å². The second kappa shape index (κ2) is 32.9. The normalized spacial score (nSPS) is 18.7. The summed E-state index contributed by atoms with van der Waals surface area (Å²) in [6.45, 7) is 8.17. The van der Waals surface area contributed by atoms with E-state index in [1.54, 1.807) is 58.2 Å². The van der Waals surface area contributed by atoms with Gasteiger partial charge in [0.05, 0.1) is 100 Å². The van der Waals surface area contributed by atoms with E-state index in [1.165, 1.54) is 31.3 Å². The molecule has 6 N–H and O–H groups in total. The molecular formula is C83H93N13O16. The highest BCUT2D eigenvalue weighted by Gasteiger charge is 2.58. The van der Waals surface area contributed by atoms with Crippen LogP contribution in [0, 0.1) is 11.3 Å². The fourth-order valence-corrected chi connectivity index (χ4v) is 15.7. The minimum absolute atomic E-state index is 0.0269. The van der Waals surface area contributed by atoms with E-state index in [9.17, 15) is 48.3 Å². The van der Waals surface area contributed by atoms with Crippen LogP contribution in [0.3, 0.4) is 0 Å². The van der Waals surface area contributed by atoms with E-state index in [2.05, 4.69) is 36.9 Å². The molecule has 0 radical (unpaired) electrons. The third-order valence-electron chi connectivity index (χ3n) is 22.3. The largest absolute Gasteiger partial charge is 0.497 e. The number of carbonyl (C=O) groups is 9. The lowest BCUT2D eigenvalue weighted by Crippen LogP contribution is -2.55. The Labute approximate surface area is 648 Å². The highest BCUT2D eigenvalue weighted by molar-refractivity contribution is 6.07. The van der Waals surface area contributed by atoms with Gasteiger partial charge in [-0.05, 0) is 128 Å². The van der Waals surface area contributed by atoms with Crippen LogP contribution in [0.25, 0.3) is 28.1 Å². The number of ether oxygens (including phenoxy) is 6. The lowest BCUT2D eigenvalue weighted by Gasteiger charge is -2.31. The number of anilines is 4. The number of para-hydroxylation sites is 1. The van der Waals surface area contributed by atoms with Crippen molar-refractivity contribution >= 4 is 81.7 Å². The molecule has 9 amide bonds. The predicted molar refractivity (Wildman–Crippen MR) is 414 cm³/mol. The number of aliphatic hydroxyl groups is 1. The van der Waals surface area contributed by atoms with E-state index < -0.39 is 73.1 Å². The molecule has 1 unspecified atom stereocenters. The van der Waals surface area contributed by atoms with Crippen LogP contribution >= 0.6 is 0 Å². The lowest BCUT2D eigenvalue weighted by atomic mass is 9.95. The molecule has 7 heterocycles.